The highest BCUT2D eigenvalue weighted by atomic mass is 16.4. The summed E-state index contributed by atoms with van der Waals surface area (Å²) in [6, 6.07) is 17.4. The molecule has 0 aliphatic heterocycles. The van der Waals surface area contributed by atoms with Gasteiger partial charge in [0.1, 0.15) is 6.04 Å². The summed E-state index contributed by atoms with van der Waals surface area (Å²) >= 11 is 0. The predicted octanol–water partition coefficient (Wildman–Crippen LogP) is 5.19. The van der Waals surface area contributed by atoms with Crippen LogP contribution in [0.15, 0.2) is 73.1 Å². The van der Waals surface area contributed by atoms with Gasteiger partial charge in [0.15, 0.2) is 0 Å². The molecular formula is C36H37N5O5. The van der Waals surface area contributed by atoms with Gasteiger partial charge in [-0.2, -0.15) is 0 Å². The van der Waals surface area contributed by atoms with Crippen molar-refractivity contribution in [2.75, 3.05) is 11.9 Å². The lowest BCUT2D eigenvalue weighted by Crippen LogP contribution is -2.51. The Labute approximate surface area is 266 Å². The molecule has 46 heavy (non-hydrogen) atoms. The zero-order valence-electron chi connectivity index (χ0n) is 25.4. The molecule has 4 saturated carbocycles. The Balaban J connectivity index is 1.13. The number of aromatic nitrogens is 2. The monoisotopic (exact) mass is 619 g/mol. The summed E-state index contributed by atoms with van der Waals surface area (Å²) in [5.41, 5.74) is 2.76. The van der Waals surface area contributed by atoms with Crippen LogP contribution in [0.4, 0.5) is 5.69 Å². The quantitative estimate of drug-likeness (QED) is 0.165. The number of carboxylic acids is 1. The molecule has 4 aromatic rings. The number of hydrogen-bond acceptors (Lipinski definition) is 5. The topological polar surface area (TPSA) is 153 Å². The fourth-order valence-electron chi connectivity index (χ4n) is 8.48. The van der Waals surface area contributed by atoms with Gasteiger partial charge in [-0.3, -0.25) is 14.4 Å². The van der Waals surface area contributed by atoms with E-state index in [0.29, 0.717) is 23.3 Å². The van der Waals surface area contributed by atoms with Crippen molar-refractivity contribution in [2.45, 2.75) is 51.0 Å². The molecule has 3 amide bonds. The number of anilines is 1. The van der Waals surface area contributed by atoms with E-state index >= 15 is 0 Å². The average Bonchev–Trinajstić information content (AvgIpc) is 3.50. The number of benzene rings is 3. The van der Waals surface area contributed by atoms with E-state index in [1.54, 1.807) is 18.2 Å². The molecule has 236 valence electrons. The third-order valence-corrected chi connectivity index (χ3v) is 10.1. The summed E-state index contributed by atoms with van der Waals surface area (Å²) in [6.07, 6.45) is 9.09. The summed E-state index contributed by atoms with van der Waals surface area (Å²) in [6.45, 7) is 0.589. The van der Waals surface area contributed by atoms with Crippen molar-refractivity contribution in [1.82, 2.24) is 20.6 Å². The molecule has 4 aliphatic carbocycles. The molecule has 0 spiro atoms. The average molecular weight is 620 g/mol. The van der Waals surface area contributed by atoms with E-state index < -0.39 is 23.8 Å². The Morgan fingerprint density at radius 3 is 2.26 bits per heavy atom. The van der Waals surface area contributed by atoms with Crippen LogP contribution in [0.2, 0.25) is 0 Å². The number of nitrogens with one attached hydrogen (secondary N) is 4. The van der Waals surface area contributed by atoms with Gasteiger partial charge in [0.2, 0.25) is 5.91 Å². The first-order chi connectivity index (χ1) is 22.2. The second kappa shape index (κ2) is 12.1. The van der Waals surface area contributed by atoms with E-state index in [4.69, 9.17) is 0 Å². The molecule has 0 saturated heterocycles. The molecule has 1 aromatic heterocycles. The molecule has 3 aromatic carbocycles. The van der Waals surface area contributed by atoms with Gasteiger partial charge in [-0.05, 0) is 97.6 Å². The maximum atomic E-state index is 14.0. The Morgan fingerprint density at radius 2 is 1.57 bits per heavy atom. The largest absolute Gasteiger partial charge is 0.478 e. The Bertz CT molecular complexity index is 1780. The number of aromatic amines is 1. The number of hydrogen-bond donors (Lipinski definition) is 5. The molecule has 4 bridgehead atoms. The van der Waals surface area contributed by atoms with Crippen molar-refractivity contribution in [1.29, 1.82) is 0 Å². The number of aromatic carboxylic acids is 1. The van der Waals surface area contributed by atoms with Crippen molar-refractivity contribution in [3.05, 3.63) is 95.3 Å². The number of fused-ring (bicyclic) bond motifs is 1. The van der Waals surface area contributed by atoms with Crippen LogP contribution in [0.25, 0.3) is 11.0 Å². The zero-order chi connectivity index (χ0) is 31.8. The first kappa shape index (κ1) is 29.7. The third kappa shape index (κ3) is 6.11. The van der Waals surface area contributed by atoms with Crippen LogP contribution in [0.3, 0.4) is 0 Å². The van der Waals surface area contributed by atoms with Crippen LogP contribution in [-0.2, 0) is 11.2 Å². The minimum atomic E-state index is -1.12. The highest BCUT2D eigenvalue weighted by molar-refractivity contribution is 6.11. The number of carbonyl (C=O) groups is 4. The van der Waals surface area contributed by atoms with Crippen molar-refractivity contribution < 1.29 is 24.3 Å². The highest BCUT2D eigenvalue weighted by Gasteiger charge is 2.50. The van der Waals surface area contributed by atoms with Crippen LogP contribution in [-0.4, -0.2) is 51.4 Å². The van der Waals surface area contributed by atoms with Crippen molar-refractivity contribution in [2.24, 2.45) is 23.2 Å². The van der Waals surface area contributed by atoms with Gasteiger partial charge in [-0.15, -0.1) is 0 Å². The van der Waals surface area contributed by atoms with Gasteiger partial charge in [0.25, 0.3) is 11.8 Å². The van der Waals surface area contributed by atoms with Crippen LogP contribution in [0.5, 0.6) is 0 Å². The van der Waals surface area contributed by atoms with E-state index in [2.05, 4.69) is 25.9 Å². The fourth-order valence-corrected chi connectivity index (χ4v) is 8.48. The lowest BCUT2D eigenvalue weighted by atomic mass is 9.49. The summed E-state index contributed by atoms with van der Waals surface area (Å²) in [4.78, 5) is 60.2. The number of amides is 3. The standard InChI is InChI=1S/C36H37N5O5/c42-32(37-19-36-16-22-9-23(17-36)11-24(10-22)18-36)27-14-29-30(39-20-38-29)15-28(27)33(43)41-31(12-21-5-2-1-3-6-21)34(44)40-26-8-4-7-25(13-26)35(45)46/h1-8,13-15,20,22-24,31H,9-12,16-19H2,(H,37,42)(H,38,39)(H,40,44)(H,41,43)(H,45,46)/t22?,23?,24?,31-,36?/m0/s1. The smallest absolute Gasteiger partial charge is 0.335 e. The molecule has 8 rings (SSSR count). The molecule has 1 atom stereocenters. The summed E-state index contributed by atoms with van der Waals surface area (Å²) < 4.78 is 0. The lowest BCUT2D eigenvalue weighted by molar-refractivity contribution is -0.118. The number of imidazole rings is 1. The van der Waals surface area contributed by atoms with Crippen molar-refractivity contribution in [3.63, 3.8) is 0 Å². The molecule has 0 unspecified atom stereocenters. The first-order valence-electron chi connectivity index (χ1n) is 16.0. The lowest BCUT2D eigenvalue weighted by Gasteiger charge is -2.56. The minimum Gasteiger partial charge on any atom is -0.478 e. The molecule has 4 aliphatic rings. The van der Waals surface area contributed by atoms with Crippen LogP contribution >= 0.6 is 0 Å². The zero-order valence-corrected chi connectivity index (χ0v) is 25.4. The molecule has 0 radical (unpaired) electrons. The number of rotatable bonds is 10. The molecule has 10 nitrogen and oxygen atoms in total. The highest BCUT2D eigenvalue weighted by Crippen LogP contribution is 2.59. The van der Waals surface area contributed by atoms with Crippen LogP contribution in [0.1, 0.15) is 75.2 Å². The molecular weight excluding hydrogens is 582 g/mol. The Kier molecular flexibility index (Phi) is 7.80. The van der Waals surface area contributed by atoms with Crippen LogP contribution < -0.4 is 16.0 Å². The van der Waals surface area contributed by atoms with Gasteiger partial charge in [0.05, 0.1) is 34.1 Å². The molecule has 1 heterocycles. The first-order valence-corrected chi connectivity index (χ1v) is 16.0. The van der Waals surface area contributed by atoms with E-state index in [9.17, 15) is 24.3 Å². The van der Waals surface area contributed by atoms with Crippen molar-refractivity contribution >= 4 is 40.4 Å². The van der Waals surface area contributed by atoms with Crippen LogP contribution in [0, 0.1) is 23.2 Å². The summed E-state index contributed by atoms with van der Waals surface area (Å²) in [5, 5.41) is 18.2. The van der Waals surface area contributed by atoms with E-state index in [1.807, 2.05) is 30.3 Å². The molecule has 5 N–H and O–H groups in total. The second-order valence-corrected chi connectivity index (χ2v) is 13.5. The Morgan fingerprint density at radius 1 is 0.870 bits per heavy atom. The predicted molar refractivity (Wildman–Crippen MR) is 172 cm³/mol. The van der Waals surface area contributed by atoms with E-state index in [0.717, 1.165) is 42.6 Å². The Hall–Kier alpha value is -4.99. The van der Waals surface area contributed by atoms with Gasteiger partial charge < -0.3 is 26.0 Å². The SMILES string of the molecule is O=C(O)c1cccc(NC(=O)[C@H](Cc2ccccc2)NC(=O)c2cc3nc[nH]c3cc2C(=O)NCC23CC4CC(CC(C4)C2)C3)c1. The van der Waals surface area contributed by atoms with Gasteiger partial charge >= 0.3 is 5.97 Å². The number of carbonyl (C=O) groups excluding carboxylic acids is 3. The number of nitrogens with zero attached hydrogens (tertiary/aromatic N) is 1. The number of carboxylic acid groups (broad SMARTS) is 1. The second-order valence-electron chi connectivity index (χ2n) is 13.5. The summed E-state index contributed by atoms with van der Waals surface area (Å²) in [5.74, 6) is -0.283. The van der Waals surface area contributed by atoms with E-state index in [-0.39, 0.29) is 34.4 Å². The van der Waals surface area contributed by atoms with Gasteiger partial charge in [-0.1, -0.05) is 36.4 Å². The van der Waals surface area contributed by atoms with E-state index in [1.165, 1.54) is 43.8 Å². The number of H-pyrrole nitrogens is 1. The molecule has 10 heteroatoms. The minimum absolute atomic E-state index is 0.0259. The van der Waals surface area contributed by atoms with Gasteiger partial charge in [-0.25, -0.2) is 9.78 Å². The third-order valence-electron chi connectivity index (χ3n) is 10.1. The maximum absolute atomic E-state index is 14.0. The fraction of sp³-hybridized carbons (Fsp3) is 0.361. The normalized spacial score (nSPS) is 23.5. The van der Waals surface area contributed by atoms with Crippen molar-refractivity contribution in [3.8, 4) is 0 Å². The van der Waals surface area contributed by atoms with Gasteiger partial charge in [0, 0.05) is 18.7 Å². The summed E-state index contributed by atoms with van der Waals surface area (Å²) in [7, 11) is 0. The molecule has 4 fully saturated rings. The maximum Gasteiger partial charge on any atom is 0.335 e.